The molecular weight excluding hydrogens is 320 g/mol. The maximum absolute atomic E-state index is 5.63. The fraction of sp³-hybridized carbons (Fsp3) is 0.522. The number of hydrogen-bond donors (Lipinski definition) is 0. The Morgan fingerprint density at radius 3 is 2.35 bits per heavy atom. The number of methoxy groups -OCH3 is 1. The molecule has 2 heterocycles. The molecule has 0 fully saturated rings. The number of fused-ring (bicyclic) bond motifs is 1. The van der Waals surface area contributed by atoms with E-state index in [-0.39, 0.29) is 10.8 Å². The van der Waals surface area contributed by atoms with E-state index >= 15 is 0 Å². The number of anilines is 2. The van der Waals surface area contributed by atoms with Gasteiger partial charge in [0, 0.05) is 24.5 Å². The Morgan fingerprint density at radius 1 is 1.00 bits per heavy atom. The van der Waals surface area contributed by atoms with Gasteiger partial charge < -0.3 is 9.64 Å². The lowest BCUT2D eigenvalue weighted by Crippen LogP contribution is -2.28. The molecule has 1 aliphatic heterocycles. The SMILES string of the molecule is COc1cc2c(c(C(C)(C)C)c1)CCCN2c1cc(C(C)(C)C)ccn1. The molecule has 0 amide bonds. The van der Waals surface area contributed by atoms with E-state index in [1.165, 1.54) is 22.4 Å². The summed E-state index contributed by atoms with van der Waals surface area (Å²) in [5.74, 6) is 1.96. The van der Waals surface area contributed by atoms with Crippen LogP contribution >= 0.6 is 0 Å². The van der Waals surface area contributed by atoms with E-state index in [0.29, 0.717) is 0 Å². The molecule has 0 aliphatic carbocycles. The second-order valence-corrected chi connectivity index (χ2v) is 9.33. The normalized spacial score (nSPS) is 15.0. The molecule has 2 aromatic rings. The third-order valence-corrected chi connectivity index (χ3v) is 5.23. The largest absolute Gasteiger partial charge is 0.497 e. The number of rotatable bonds is 2. The van der Waals surface area contributed by atoms with Crippen molar-refractivity contribution < 1.29 is 4.74 Å². The Labute approximate surface area is 158 Å². The second kappa shape index (κ2) is 6.61. The molecule has 0 bridgehead atoms. The predicted molar refractivity (Wildman–Crippen MR) is 110 cm³/mol. The fourth-order valence-electron chi connectivity index (χ4n) is 3.73. The van der Waals surface area contributed by atoms with E-state index in [0.717, 1.165) is 31.0 Å². The first-order chi connectivity index (χ1) is 12.1. The Bertz CT molecular complexity index is 797. The first kappa shape index (κ1) is 18.8. The van der Waals surface area contributed by atoms with Gasteiger partial charge in [-0.3, -0.25) is 0 Å². The molecule has 0 spiro atoms. The lowest BCUT2D eigenvalue weighted by Gasteiger charge is -2.35. The summed E-state index contributed by atoms with van der Waals surface area (Å²) >= 11 is 0. The molecule has 0 atom stereocenters. The minimum atomic E-state index is 0.0856. The summed E-state index contributed by atoms with van der Waals surface area (Å²) < 4.78 is 5.63. The van der Waals surface area contributed by atoms with Crippen LogP contribution in [-0.2, 0) is 17.3 Å². The summed E-state index contributed by atoms with van der Waals surface area (Å²) in [5.41, 5.74) is 5.58. The number of ether oxygens (including phenoxy) is 1. The van der Waals surface area contributed by atoms with Gasteiger partial charge in [0.2, 0.25) is 0 Å². The van der Waals surface area contributed by atoms with Crippen molar-refractivity contribution in [2.24, 2.45) is 0 Å². The fourth-order valence-corrected chi connectivity index (χ4v) is 3.73. The Balaban J connectivity index is 2.15. The zero-order valence-electron chi connectivity index (χ0n) is 17.3. The van der Waals surface area contributed by atoms with Gasteiger partial charge in [0.05, 0.1) is 7.11 Å². The third kappa shape index (κ3) is 3.58. The van der Waals surface area contributed by atoms with Crippen molar-refractivity contribution in [3.8, 4) is 5.75 Å². The van der Waals surface area contributed by atoms with Crippen molar-refractivity contribution in [1.29, 1.82) is 0 Å². The van der Waals surface area contributed by atoms with Crippen molar-refractivity contribution in [2.45, 2.75) is 65.2 Å². The van der Waals surface area contributed by atoms with E-state index in [9.17, 15) is 0 Å². The molecule has 0 saturated carbocycles. The van der Waals surface area contributed by atoms with Gasteiger partial charge in [0.15, 0.2) is 0 Å². The number of aromatic nitrogens is 1. The molecule has 1 aliphatic rings. The van der Waals surface area contributed by atoms with Crippen molar-refractivity contribution >= 4 is 11.5 Å². The van der Waals surface area contributed by atoms with Crippen LogP contribution in [0.1, 0.15) is 64.7 Å². The van der Waals surface area contributed by atoms with Crippen molar-refractivity contribution in [3.05, 3.63) is 47.2 Å². The molecule has 0 unspecified atom stereocenters. The molecule has 140 valence electrons. The summed E-state index contributed by atoms with van der Waals surface area (Å²) in [6.07, 6.45) is 4.19. The van der Waals surface area contributed by atoms with Crippen LogP contribution in [0.15, 0.2) is 30.5 Å². The standard InChI is InChI=1S/C23H32N2O/c1-22(2,3)16-10-11-24-21(13-16)25-12-8-9-18-19(23(4,5)6)14-17(26-7)15-20(18)25/h10-11,13-15H,8-9,12H2,1-7H3. The average Bonchev–Trinajstić information content (AvgIpc) is 2.58. The highest BCUT2D eigenvalue weighted by atomic mass is 16.5. The van der Waals surface area contributed by atoms with Crippen LogP contribution in [-0.4, -0.2) is 18.6 Å². The molecule has 3 heteroatoms. The quantitative estimate of drug-likeness (QED) is 0.686. The lowest BCUT2D eigenvalue weighted by atomic mass is 9.80. The predicted octanol–water partition coefficient (Wildman–Crippen LogP) is 5.77. The lowest BCUT2D eigenvalue weighted by molar-refractivity contribution is 0.412. The summed E-state index contributed by atoms with van der Waals surface area (Å²) in [7, 11) is 1.75. The van der Waals surface area contributed by atoms with Crippen LogP contribution in [0.2, 0.25) is 0 Å². The zero-order valence-corrected chi connectivity index (χ0v) is 17.3. The minimum absolute atomic E-state index is 0.0856. The molecule has 0 N–H and O–H groups in total. The number of benzene rings is 1. The van der Waals surface area contributed by atoms with E-state index in [4.69, 9.17) is 9.72 Å². The van der Waals surface area contributed by atoms with Gasteiger partial charge in [-0.15, -0.1) is 0 Å². The van der Waals surface area contributed by atoms with Crippen molar-refractivity contribution in [2.75, 3.05) is 18.6 Å². The van der Waals surface area contributed by atoms with E-state index in [1.807, 2.05) is 6.20 Å². The molecule has 1 aromatic heterocycles. The summed E-state index contributed by atoms with van der Waals surface area (Å²) in [6, 6.07) is 8.75. The van der Waals surface area contributed by atoms with Gasteiger partial charge in [-0.25, -0.2) is 4.98 Å². The number of pyridine rings is 1. The van der Waals surface area contributed by atoms with Crippen LogP contribution in [0.25, 0.3) is 0 Å². The minimum Gasteiger partial charge on any atom is -0.497 e. The first-order valence-corrected chi connectivity index (χ1v) is 9.57. The van der Waals surface area contributed by atoms with Gasteiger partial charge in [-0.2, -0.15) is 0 Å². The van der Waals surface area contributed by atoms with E-state index < -0.39 is 0 Å². The van der Waals surface area contributed by atoms with E-state index in [1.54, 1.807) is 7.11 Å². The van der Waals surface area contributed by atoms with Crippen molar-refractivity contribution in [1.82, 2.24) is 4.98 Å². The highest BCUT2D eigenvalue weighted by Gasteiger charge is 2.28. The zero-order chi connectivity index (χ0) is 19.1. The molecule has 3 nitrogen and oxygen atoms in total. The van der Waals surface area contributed by atoms with Crippen LogP contribution in [0, 0.1) is 0 Å². The van der Waals surface area contributed by atoms with Gasteiger partial charge in [-0.1, -0.05) is 41.5 Å². The monoisotopic (exact) mass is 352 g/mol. The molecule has 3 rings (SSSR count). The molecular formula is C23H32N2O. The maximum atomic E-state index is 5.63. The first-order valence-electron chi connectivity index (χ1n) is 9.57. The van der Waals surface area contributed by atoms with Crippen LogP contribution < -0.4 is 9.64 Å². The van der Waals surface area contributed by atoms with Gasteiger partial charge in [0.25, 0.3) is 0 Å². The Hall–Kier alpha value is -2.03. The van der Waals surface area contributed by atoms with Crippen LogP contribution in [0.4, 0.5) is 11.5 Å². The molecule has 0 saturated heterocycles. The Morgan fingerprint density at radius 2 is 1.73 bits per heavy atom. The summed E-state index contributed by atoms with van der Waals surface area (Å²) in [5, 5.41) is 0. The Kier molecular flexibility index (Phi) is 4.76. The molecule has 26 heavy (non-hydrogen) atoms. The van der Waals surface area contributed by atoms with Crippen molar-refractivity contribution in [3.63, 3.8) is 0 Å². The molecule has 1 aromatic carbocycles. The number of nitrogens with zero attached hydrogens (tertiary/aromatic N) is 2. The molecule has 0 radical (unpaired) electrons. The third-order valence-electron chi connectivity index (χ3n) is 5.23. The number of hydrogen-bond acceptors (Lipinski definition) is 3. The highest BCUT2D eigenvalue weighted by molar-refractivity contribution is 5.70. The second-order valence-electron chi connectivity index (χ2n) is 9.33. The van der Waals surface area contributed by atoms with Gasteiger partial charge in [0.1, 0.15) is 11.6 Å². The topological polar surface area (TPSA) is 25.4 Å². The smallest absolute Gasteiger partial charge is 0.133 e. The van der Waals surface area contributed by atoms with E-state index in [2.05, 4.69) is 70.7 Å². The summed E-state index contributed by atoms with van der Waals surface area (Å²) in [4.78, 5) is 7.07. The van der Waals surface area contributed by atoms with Crippen LogP contribution in [0.3, 0.4) is 0 Å². The highest BCUT2D eigenvalue weighted by Crippen LogP contribution is 2.42. The van der Waals surface area contributed by atoms with Crippen LogP contribution in [0.5, 0.6) is 5.75 Å². The average molecular weight is 353 g/mol. The summed E-state index contributed by atoms with van der Waals surface area (Å²) in [6.45, 7) is 14.6. The maximum Gasteiger partial charge on any atom is 0.133 e. The van der Waals surface area contributed by atoms with Gasteiger partial charge in [-0.05, 0) is 58.6 Å². The van der Waals surface area contributed by atoms with Gasteiger partial charge >= 0.3 is 0 Å².